The molecule has 0 saturated carbocycles. The van der Waals surface area contributed by atoms with Gasteiger partial charge in [-0.05, 0) is 61.2 Å². The van der Waals surface area contributed by atoms with Crippen molar-refractivity contribution in [2.24, 2.45) is 0 Å². The molecule has 3 aromatic carbocycles. The van der Waals surface area contributed by atoms with Gasteiger partial charge in [0.2, 0.25) is 0 Å². The quantitative estimate of drug-likeness (QED) is 0.395. The molecule has 0 spiro atoms. The fourth-order valence-electron chi connectivity index (χ4n) is 3.23. The third-order valence-electron chi connectivity index (χ3n) is 4.53. The van der Waals surface area contributed by atoms with Crippen LogP contribution in [0.3, 0.4) is 0 Å². The molecule has 0 heterocycles. The van der Waals surface area contributed by atoms with E-state index in [1.165, 1.54) is 16.7 Å². The first-order valence-corrected chi connectivity index (χ1v) is 9.10. The molecule has 0 aliphatic rings. The Bertz CT molecular complexity index is 946. The molecule has 2 nitrogen and oxygen atoms in total. The number of carbonyl (C=O) groups excluding carboxylic acids is 1. The second kappa shape index (κ2) is 8.50. The van der Waals surface area contributed by atoms with Crippen LogP contribution in [0.5, 0.6) is 5.75 Å². The molecule has 0 radical (unpaired) electrons. The molecule has 0 aromatic heterocycles. The summed E-state index contributed by atoms with van der Waals surface area (Å²) in [5, 5.41) is 0. The van der Waals surface area contributed by atoms with Crippen molar-refractivity contribution in [3.05, 3.63) is 106 Å². The van der Waals surface area contributed by atoms with E-state index in [2.05, 4.69) is 32.9 Å². The van der Waals surface area contributed by atoms with Crippen LogP contribution < -0.4 is 4.74 Å². The highest BCUT2D eigenvalue weighted by atomic mass is 16.5. The Balaban J connectivity index is 1.79. The Kier molecular flexibility index (Phi) is 5.87. The minimum Gasteiger partial charge on any atom is -0.488 e. The molecule has 0 bridgehead atoms. The van der Waals surface area contributed by atoms with Crippen molar-refractivity contribution >= 4 is 11.9 Å². The van der Waals surface area contributed by atoms with E-state index >= 15 is 0 Å². The van der Waals surface area contributed by atoms with Gasteiger partial charge in [0.1, 0.15) is 12.4 Å². The van der Waals surface area contributed by atoms with E-state index in [1.807, 2.05) is 60.7 Å². The van der Waals surface area contributed by atoms with E-state index < -0.39 is 0 Å². The number of ketones is 1. The van der Waals surface area contributed by atoms with Gasteiger partial charge in [-0.25, -0.2) is 0 Å². The highest BCUT2D eigenvalue weighted by Crippen LogP contribution is 2.22. The average molecular weight is 356 g/mol. The molecule has 0 aliphatic carbocycles. The molecule has 0 amide bonds. The molecule has 0 N–H and O–H groups in total. The zero-order valence-electron chi connectivity index (χ0n) is 16.0. The molecule has 27 heavy (non-hydrogen) atoms. The minimum absolute atomic E-state index is 0.0574. The van der Waals surface area contributed by atoms with Gasteiger partial charge in [0.25, 0.3) is 0 Å². The molecular formula is C25H24O2. The highest BCUT2D eigenvalue weighted by molar-refractivity contribution is 6.08. The van der Waals surface area contributed by atoms with Gasteiger partial charge in [-0.2, -0.15) is 0 Å². The highest BCUT2D eigenvalue weighted by Gasteiger charge is 2.10. The van der Waals surface area contributed by atoms with Crippen LogP contribution in [0.15, 0.2) is 72.8 Å². The van der Waals surface area contributed by atoms with Crippen LogP contribution in [0.2, 0.25) is 0 Å². The van der Waals surface area contributed by atoms with E-state index in [4.69, 9.17) is 4.74 Å². The number of carbonyl (C=O) groups is 1. The Hall–Kier alpha value is -3.13. The fraction of sp³-hybridized carbons (Fsp3) is 0.160. The average Bonchev–Trinajstić information content (AvgIpc) is 2.66. The Morgan fingerprint density at radius 2 is 1.52 bits per heavy atom. The molecule has 0 saturated heterocycles. The monoisotopic (exact) mass is 356 g/mol. The Morgan fingerprint density at radius 1 is 0.889 bits per heavy atom. The molecule has 136 valence electrons. The summed E-state index contributed by atoms with van der Waals surface area (Å²) in [6.07, 6.45) is 3.54. The summed E-state index contributed by atoms with van der Waals surface area (Å²) >= 11 is 0. The number of ether oxygens (including phenoxy) is 1. The lowest BCUT2D eigenvalue weighted by Crippen LogP contribution is -2.02. The van der Waals surface area contributed by atoms with Gasteiger partial charge in [-0.3, -0.25) is 4.79 Å². The normalized spacial score (nSPS) is 10.9. The van der Waals surface area contributed by atoms with E-state index in [1.54, 1.807) is 6.08 Å². The van der Waals surface area contributed by atoms with E-state index in [9.17, 15) is 4.79 Å². The standard InChI is InChI=1S/C25H24O2/c1-18-15-19(2)22(20(3)16-18)13-14-24(26)23-11-7-8-12-25(23)27-17-21-9-5-4-6-10-21/h4-16H,17H2,1-3H3. The maximum Gasteiger partial charge on any atom is 0.189 e. The summed E-state index contributed by atoms with van der Waals surface area (Å²) in [4.78, 5) is 12.8. The van der Waals surface area contributed by atoms with Crippen molar-refractivity contribution in [2.75, 3.05) is 0 Å². The van der Waals surface area contributed by atoms with Crippen molar-refractivity contribution in [2.45, 2.75) is 27.4 Å². The van der Waals surface area contributed by atoms with Crippen LogP contribution in [0, 0.1) is 20.8 Å². The van der Waals surface area contributed by atoms with E-state index in [0.29, 0.717) is 17.9 Å². The third-order valence-corrected chi connectivity index (χ3v) is 4.53. The third kappa shape index (κ3) is 4.73. The summed E-state index contributed by atoms with van der Waals surface area (Å²) < 4.78 is 5.90. The van der Waals surface area contributed by atoms with Crippen molar-refractivity contribution in [3.8, 4) is 5.75 Å². The minimum atomic E-state index is -0.0574. The fourth-order valence-corrected chi connectivity index (χ4v) is 3.23. The van der Waals surface area contributed by atoms with Crippen LogP contribution in [0.25, 0.3) is 6.08 Å². The molecule has 0 fully saturated rings. The molecule has 3 aromatic rings. The van der Waals surface area contributed by atoms with Gasteiger partial charge in [-0.15, -0.1) is 0 Å². The molecule has 2 heteroatoms. The summed E-state index contributed by atoms with van der Waals surface area (Å²) in [6.45, 7) is 6.66. The first-order valence-electron chi connectivity index (χ1n) is 9.10. The van der Waals surface area contributed by atoms with E-state index in [0.717, 1.165) is 11.1 Å². The largest absolute Gasteiger partial charge is 0.488 e. The Morgan fingerprint density at radius 3 is 2.22 bits per heavy atom. The molecular weight excluding hydrogens is 332 g/mol. The summed E-state index contributed by atoms with van der Waals surface area (Å²) in [5.74, 6) is 0.548. The number of aryl methyl sites for hydroxylation is 3. The second-order valence-electron chi connectivity index (χ2n) is 6.78. The van der Waals surface area contributed by atoms with Crippen LogP contribution in [-0.2, 0) is 6.61 Å². The molecule has 0 atom stereocenters. The molecule has 0 unspecified atom stereocenters. The van der Waals surface area contributed by atoms with Gasteiger partial charge in [-0.1, -0.05) is 66.2 Å². The maximum absolute atomic E-state index is 12.8. The van der Waals surface area contributed by atoms with Gasteiger partial charge in [0, 0.05) is 0 Å². The first-order chi connectivity index (χ1) is 13.0. The Labute approximate surface area is 161 Å². The first kappa shape index (κ1) is 18.7. The molecule has 3 rings (SSSR count). The summed E-state index contributed by atoms with van der Waals surface area (Å²) in [7, 11) is 0. The SMILES string of the molecule is Cc1cc(C)c(C=CC(=O)c2ccccc2OCc2ccccc2)c(C)c1. The summed E-state index contributed by atoms with van der Waals surface area (Å²) in [6, 6.07) is 21.6. The van der Waals surface area contributed by atoms with E-state index in [-0.39, 0.29) is 5.78 Å². The number of hydrogen-bond donors (Lipinski definition) is 0. The van der Waals surface area contributed by atoms with Gasteiger partial charge >= 0.3 is 0 Å². The lowest BCUT2D eigenvalue weighted by Gasteiger charge is -2.10. The van der Waals surface area contributed by atoms with Crippen LogP contribution in [0.1, 0.15) is 38.2 Å². The topological polar surface area (TPSA) is 26.3 Å². The zero-order valence-corrected chi connectivity index (χ0v) is 16.0. The number of benzene rings is 3. The second-order valence-corrected chi connectivity index (χ2v) is 6.78. The number of rotatable bonds is 6. The predicted molar refractivity (Wildman–Crippen MR) is 111 cm³/mol. The van der Waals surface area contributed by atoms with Crippen molar-refractivity contribution in [1.29, 1.82) is 0 Å². The van der Waals surface area contributed by atoms with Crippen molar-refractivity contribution in [1.82, 2.24) is 0 Å². The van der Waals surface area contributed by atoms with Gasteiger partial charge < -0.3 is 4.74 Å². The number of hydrogen-bond acceptors (Lipinski definition) is 2. The summed E-state index contributed by atoms with van der Waals surface area (Å²) in [5.41, 5.74) is 6.31. The van der Waals surface area contributed by atoms with Crippen LogP contribution >= 0.6 is 0 Å². The van der Waals surface area contributed by atoms with Gasteiger partial charge in [0.15, 0.2) is 5.78 Å². The van der Waals surface area contributed by atoms with Crippen LogP contribution in [0.4, 0.5) is 0 Å². The molecule has 0 aliphatic heterocycles. The maximum atomic E-state index is 12.8. The van der Waals surface area contributed by atoms with Crippen molar-refractivity contribution < 1.29 is 9.53 Å². The van der Waals surface area contributed by atoms with Crippen LogP contribution in [-0.4, -0.2) is 5.78 Å². The smallest absolute Gasteiger partial charge is 0.189 e. The number of allylic oxidation sites excluding steroid dienone is 1. The number of para-hydroxylation sites is 1. The lowest BCUT2D eigenvalue weighted by atomic mass is 9.98. The zero-order chi connectivity index (χ0) is 19.2. The predicted octanol–water partition coefficient (Wildman–Crippen LogP) is 6.09. The van der Waals surface area contributed by atoms with Crippen molar-refractivity contribution in [3.63, 3.8) is 0 Å². The van der Waals surface area contributed by atoms with Gasteiger partial charge in [0.05, 0.1) is 5.56 Å². The lowest BCUT2D eigenvalue weighted by molar-refractivity contribution is 0.104.